The first-order valence-corrected chi connectivity index (χ1v) is 13.5. The van der Waals surface area contributed by atoms with Gasteiger partial charge < -0.3 is 5.11 Å². The summed E-state index contributed by atoms with van der Waals surface area (Å²) in [6.07, 6.45) is 9.24. The van der Waals surface area contributed by atoms with Gasteiger partial charge in [0.1, 0.15) is 11.3 Å². The lowest BCUT2D eigenvalue weighted by Crippen LogP contribution is -2.54. The van der Waals surface area contributed by atoms with Crippen LogP contribution in [0.4, 0.5) is 10.5 Å². The molecule has 35 heavy (non-hydrogen) atoms. The molecule has 180 valence electrons. The van der Waals surface area contributed by atoms with E-state index in [-0.39, 0.29) is 16.7 Å². The largest absolute Gasteiger partial charge is 0.506 e. The molecule has 4 aliphatic carbocycles. The number of nitrogens with one attached hydrogen (secondary N) is 1. The second-order valence-corrected chi connectivity index (χ2v) is 12.2. The van der Waals surface area contributed by atoms with Crippen LogP contribution >= 0.6 is 31.9 Å². The van der Waals surface area contributed by atoms with Crippen LogP contribution in [0.1, 0.15) is 49.7 Å². The molecule has 2 aromatic carbocycles. The number of carbonyl (C=O) groups is 3. The van der Waals surface area contributed by atoms with Crippen molar-refractivity contribution in [3.05, 3.63) is 62.0 Å². The average Bonchev–Trinajstić information content (AvgIpc) is 2.79. The van der Waals surface area contributed by atoms with Crippen LogP contribution < -0.4 is 10.2 Å². The molecule has 2 aromatic rings. The van der Waals surface area contributed by atoms with E-state index in [2.05, 4.69) is 49.3 Å². The van der Waals surface area contributed by atoms with Gasteiger partial charge in [0.05, 0.1) is 14.6 Å². The summed E-state index contributed by atoms with van der Waals surface area (Å²) in [5.41, 5.74) is 2.33. The van der Waals surface area contributed by atoms with E-state index in [0.717, 1.165) is 22.7 Å². The van der Waals surface area contributed by atoms with Crippen molar-refractivity contribution in [2.75, 3.05) is 4.90 Å². The molecule has 0 aromatic heterocycles. The maximum absolute atomic E-state index is 13.3. The number of urea groups is 1. The first-order chi connectivity index (χ1) is 16.7. The van der Waals surface area contributed by atoms with Crippen molar-refractivity contribution in [2.24, 2.45) is 17.8 Å². The molecule has 2 N–H and O–H groups in total. The lowest BCUT2D eigenvalue weighted by Gasteiger charge is -2.57. The Balaban J connectivity index is 1.30. The number of carbonyl (C=O) groups excluding carboxylic acids is 3. The van der Waals surface area contributed by atoms with E-state index in [4.69, 9.17) is 0 Å². The van der Waals surface area contributed by atoms with Gasteiger partial charge in [0, 0.05) is 0 Å². The third-order valence-electron chi connectivity index (χ3n) is 8.23. The molecular weight excluding hydrogens is 576 g/mol. The standard InChI is InChI=1S/C27H24Br2N2O4/c28-21-9-14(10-22(29)23(21)32)8-20-24(33)30-26(35)31(25(20)34)19-3-1-18(2-4-19)27-11-15-5-16(12-27)7-17(6-15)13-27/h1-4,8-10,15-17,32H,5-7,11-13H2,(H,30,33,35)/b20-8+. The number of imide groups is 2. The topological polar surface area (TPSA) is 86.7 Å². The van der Waals surface area contributed by atoms with Gasteiger partial charge in [-0.15, -0.1) is 0 Å². The summed E-state index contributed by atoms with van der Waals surface area (Å²) >= 11 is 6.51. The van der Waals surface area contributed by atoms with Crippen LogP contribution in [0.5, 0.6) is 5.75 Å². The van der Waals surface area contributed by atoms with Crippen molar-refractivity contribution in [1.29, 1.82) is 0 Å². The second-order valence-electron chi connectivity index (χ2n) is 10.5. The number of phenols is 1. The summed E-state index contributed by atoms with van der Waals surface area (Å²) in [6, 6.07) is 10.2. The van der Waals surface area contributed by atoms with Crippen LogP contribution in [0, 0.1) is 17.8 Å². The van der Waals surface area contributed by atoms with Crippen molar-refractivity contribution < 1.29 is 19.5 Å². The summed E-state index contributed by atoms with van der Waals surface area (Å²) in [7, 11) is 0. The molecule has 8 heteroatoms. The Morgan fingerprint density at radius 2 is 1.46 bits per heavy atom. The van der Waals surface area contributed by atoms with Gasteiger partial charge in [-0.05, 0) is 135 Å². The minimum atomic E-state index is -0.757. The number of aromatic hydroxyl groups is 1. The van der Waals surface area contributed by atoms with E-state index in [1.807, 2.05) is 12.1 Å². The highest BCUT2D eigenvalue weighted by molar-refractivity contribution is 9.11. The molecule has 4 amide bonds. The summed E-state index contributed by atoms with van der Waals surface area (Å²) in [5, 5.41) is 12.2. The van der Waals surface area contributed by atoms with E-state index < -0.39 is 17.8 Å². The van der Waals surface area contributed by atoms with Crippen LogP contribution in [0.25, 0.3) is 6.08 Å². The molecule has 0 spiro atoms. The highest BCUT2D eigenvalue weighted by Gasteiger charge is 2.51. The van der Waals surface area contributed by atoms with Gasteiger partial charge in [-0.25, -0.2) is 9.69 Å². The van der Waals surface area contributed by atoms with E-state index in [9.17, 15) is 19.5 Å². The third-order valence-corrected chi connectivity index (χ3v) is 9.44. The summed E-state index contributed by atoms with van der Waals surface area (Å²) in [5.74, 6) is 1.07. The molecule has 1 saturated heterocycles. The number of barbiturate groups is 1. The zero-order valence-corrected chi connectivity index (χ0v) is 22.1. The number of phenolic OH excluding ortho intramolecular Hbond substituents is 1. The molecule has 7 rings (SSSR count). The predicted molar refractivity (Wildman–Crippen MR) is 139 cm³/mol. The fourth-order valence-corrected chi connectivity index (χ4v) is 8.38. The normalized spacial score (nSPS) is 30.8. The fraction of sp³-hybridized carbons (Fsp3) is 0.370. The number of benzene rings is 2. The number of amides is 4. The van der Waals surface area contributed by atoms with Gasteiger partial charge in [-0.2, -0.15) is 0 Å². The average molecular weight is 600 g/mol. The summed E-state index contributed by atoms with van der Waals surface area (Å²) < 4.78 is 0.825. The minimum absolute atomic E-state index is 0.0162. The van der Waals surface area contributed by atoms with Gasteiger partial charge in [-0.1, -0.05) is 12.1 Å². The number of rotatable bonds is 3. The zero-order chi connectivity index (χ0) is 24.5. The van der Waals surface area contributed by atoms with E-state index in [1.165, 1.54) is 50.2 Å². The van der Waals surface area contributed by atoms with Crippen molar-refractivity contribution >= 4 is 61.5 Å². The van der Waals surface area contributed by atoms with Crippen molar-refractivity contribution in [1.82, 2.24) is 5.32 Å². The third kappa shape index (κ3) is 3.85. The van der Waals surface area contributed by atoms with Crippen molar-refractivity contribution in [3.8, 4) is 5.75 Å². The molecular formula is C27H24Br2N2O4. The minimum Gasteiger partial charge on any atom is -0.506 e. The first-order valence-electron chi connectivity index (χ1n) is 11.9. The van der Waals surface area contributed by atoms with E-state index >= 15 is 0 Å². The highest BCUT2D eigenvalue weighted by atomic mass is 79.9. The molecule has 5 fully saturated rings. The van der Waals surface area contributed by atoms with Gasteiger partial charge in [0.15, 0.2) is 0 Å². The molecule has 0 atom stereocenters. The van der Waals surface area contributed by atoms with Crippen LogP contribution in [-0.2, 0) is 15.0 Å². The SMILES string of the molecule is O=C1NC(=O)N(c2ccc(C34CC5CC(CC(C5)C3)C4)cc2)C(=O)/C1=C/c1cc(Br)c(O)c(Br)c1. The number of hydrogen-bond donors (Lipinski definition) is 2. The lowest BCUT2D eigenvalue weighted by molar-refractivity contribution is -0.122. The molecule has 1 aliphatic heterocycles. The molecule has 4 bridgehead atoms. The number of hydrogen-bond acceptors (Lipinski definition) is 4. The van der Waals surface area contributed by atoms with Crippen LogP contribution in [0.2, 0.25) is 0 Å². The van der Waals surface area contributed by atoms with Crippen LogP contribution in [-0.4, -0.2) is 23.0 Å². The molecule has 1 heterocycles. The molecule has 0 radical (unpaired) electrons. The maximum atomic E-state index is 13.3. The Morgan fingerprint density at radius 1 is 0.914 bits per heavy atom. The Morgan fingerprint density at radius 3 is 2.00 bits per heavy atom. The molecule has 6 nitrogen and oxygen atoms in total. The Hall–Kier alpha value is -2.45. The Kier molecular flexibility index (Phi) is 5.45. The number of halogens is 2. The van der Waals surface area contributed by atoms with Crippen LogP contribution in [0.15, 0.2) is 50.9 Å². The fourth-order valence-electron chi connectivity index (χ4n) is 7.16. The number of anilines is 1. The van der Waals surface area contributed by atoms with Crippen LogP contribution in [0.3, 0.4) is 0 Å². The second kappa shape index (κ2) is 8.30. The number of nitrogens with zero attached hydrogens (tertiary/aromatic N) is 1. The van der Waals surface area contributed by atoms with Gasteiger partial charge in [-0.3, -0.25) is 14.9 Å². The smallest absolute Gasteiger partial charge is 0.335 e. The maximum Gasteiger partial charge on any atom is 0.335 e. The van der Waals surface area contributed by atoms with Crippen molar-refractivity contribution in [2.45, 2.75) is 43.9 Å². The first kappa shape index (κ1) is 23.0. The molecule has 4 saturated carbocycles. The Labute approximate surface area is 220 Å². The van der Waals surface area contributed by atoms with Crippen molar-refractivity contribution in [3.63, 3.8) is 0 Å². The monoisotopic (exact) mass is 598 g/mol. The van der Waals surface area contributed by atoms with E-state index in [0.29, 0.717) is 20.2 Å². The summed E-state index contributed by atoms with van der Waals surface area (Å²) in [4.78, 5) is 39.5. The van der Waals surface area contributed by atoms with Gasteiger partial charge in [0.2, 0.25) is 0 Å². The quantitative estimate of drug-likeness (QED) is 0.332. The predicted octanol–water partition coefficient (Wildman–Crippen LogP) is 6.05. The highest BCUT2D eigenvalue weighted by Crippen LogP contribution is 2.60. The van der Waals surface area contributed by atoms with Gasteiger partial charge in [0.25, 0.3) is 11.8 Å². The Bertz CT molecular complexity index is 1240. The summed E-state index contributed by atoms with van der Waals surface area (Å²) in [6.45, 7) is 0. The van der Waals surface area contributed by atoms with E-state index in [1.54, 1.807) is 12.1 Å². The van der Waals surface area contributed by atoms with Gasteiger partial charge >= 0.3 is 6.03 Å². The molecule has 0 unspecified atom stereocenters. The molecule has 5 aliphatic rings. The lowest BCUT2D eigenvalue weighted by atomic mass is 9.48. The zero-order valence-electron chi connectivity index (χ0n) is 18.9.